The number of alkyl halides is 3. The predicted molar refractivity (Wildman–Crippen MR) is 38.6 cm³/mol. The molecule has 5 heteroatoms. The van der Waals surface area contributed by atoms with Crippen molar-refractivity contribution in [2.75, 3.05) is 0 Å². The third-order valence-corrected chi connectivity index (χ3v) is 1.36. The molecule has 1 rings (SSSR count). The normalized spacial score (nSPS) is 10.9. The van der Waals surface area contributed by atoms with Crippen molar-refractivity contribution >= 4 is 0 Å². The summed E-state index contributed by atoms with van der Waals surface area (Å²) in [7, 11) is 0. The van der Waals surface area contributed by atoms with E-state index in [2.05, 4.69) is 4.98 Å². The molecule has 1 heterocycles. The number of aromatic nitrogens is 1. The molecular weight excluding hydrogens is 181 g/mol. The Morgan fingerprint density at radius 1 is 1.38 bits per heavy atom. The Balaban J connectivity index is 3.00. The van der Waals surface area contributed by atoms with Crippen molar-refractivity contribution < 1.29 is 13.2 Å². The molecule has 0 saturated carbocycles. The van der Waals surface area contributed by atoms with Crippen molar-refractivity contribution in [3.63, 3.8) is 0 Å². The fourth-order valence-corrected chi connectivity index (χ4v) is 0.817. The Morgan fingerprint density at radius 3 is 2.62 bits per heavy atom. The van der Waals surface area contributed by atoms with E-state index < -0.39 is 11.9 Å². The lowest BCUT2D eigenvalue weighted by Gasteiger charge is -2.05. The second-order valence-electron chi connectivity index (χ2n) is 2.35. The van der Waals surface area contributed by atoms with Crippen LogP contribution in [0.15, 0.2) is 18.2 Å². The Hall–Kier alpha value is -1.57. The summed E-state index contributed by atoms with van der Waals surface area (Å²) in [4.78, 5) is 3.29. The lowest BCUT2D eigenvalue weighted by molar-refractivity contribution is -0.141. The van der Waals surface area contributed by atoms with E-state index in [9.17, 15) is 13.2 Å². The van der Waals surface area contributed by atoms with Gasteiger partial charge in [-0.1, -0.05) is 6.07 Å². The average Bonchev–Trinajstić information content (AvgIpc) is 2.04. The smallest absolute Gasteiger partial charge is 0.247 e. The summed E-state index contributed by atoms with van der Waals surface area (Å²) < 4.78 is 36.2. The Bertz CT molecular complexity index is 338. The first-order valence-corrected chi connectivity index (χ1v) is 3.44. The minimum Gasteiger partial charge on any atom is -0.247 e. The molecule has 0 amide bonds. The van der Waals surface area contributed by atoms with E-state index in [1.165, 1.54) is 12.1 Å². The molecule has 0 radical (unpaired) electrons. The summed E-state index contributed by atoms with van der Waals surface area (Å²) in [6.45, 7) is 0. The molecule has 0 N–H and O–H groups in total. The highest BCUT2D eigenvalue weighted by molar-refractivity contribution is 5.15. The van der Waals surface area contributed by atoms with Crippen molar-refractivity contribution in [3.05, 3.63) is 29.6 Å². The number of nitriles is 1. The molecule has 0 saturated heterocycles. The predicted octanol–water partition coefficient (Wildman–Crippen LogP) is 2.17. The van der Waals surface area contributed by atoms with Gasteiger partial charge in [-0.2, -0.15) is 18.4 Å². The second kappa shape index (κ2) is 3.44. The monoisotopic (exact) mass is 186 g/mol. The second-order valence-corrected chi connectivity index (χ2v) is 2.35. The summed E-state index contributed by atoms with van der Waals surface area (Å²) in [5.74, 6) is 0. The first-order valence-electron chi connectivity index (χ1n) is 3.44. The van der Waals surface area contributed by atoms with Gasteiger partial charge in [-0.3, -0.25) is 0 Å². The van der Waals surface area contributed by atoms with Gasteiger partial charge >= 0.3 is 6.18 Å². The largest absolute Gasteiger partial charge is 0.433 e. The van der Waals surface area contributed by atoms with E-state index in [0.29, 0.717) is 0 Å². The number of nitrogens with zero attached hydrogens (tertiary/aromatic N) is 2. The Morgan fingerprint density at radius 2 is 2.08 bits per heavy atom. The zero-order valence-electron chi connectivity index (χ0n) is 6.47. The molecule has 0 aliphatic heterocycles. The minimum atomic E-state index is -4.44. The van der Waals surface area contributed by atoms with Crippen LogP contribution in [0.4, 0.5) is 13.2 Å². The van der Waals surface area contributed by atoms with Crippen LogP contribution in [0.2, 0.25) is 0 Å². The van der Waals surface area contributed by atoms with Crippen molar-refractivity contribution in [3.8, 4) is 6.07 Å². The number of rotatable bonds is 1. The molecular formula is C8H5F3N2. The summed E-state index contributed by atoms with van der Waals surface area (Å²) in [5, 5.41) is 8.24. The molecule has 0 atom stereocenters. The third-order valence-electron chi connectivity index (χ3n) is 1.36. The molecule has 1 aromatic rings. The topological polar surface area (TPSA) is 36.7 Å². The van der Waals surface area contributed by atoms with Crippen molar-refractivity contribution in [2.24, 2.45) is 0 Å². The maximum absolute atomic E-state index is 12.1. The zero-order chi connectivity index (χ0) is 9.90. The highest BCUT2D eigenvalue weighted by atomic mass is 19.4. The van der Waals surface area contributed by atoms with E-state index in [4.69, 9.17) is 5.26 Å². The molecule has 0 unspecified atom stereocenters. The molecule has 0 aliphatic rings. The fraction of sp³-hybridized carbons (Fsp3) is 0.250. The van der Waals surface area contributed by atoms with E-state index in [0.717, 1.165) is 6.07 Å². The number of pyridine rings is 1. The van der Waals surface area contributed by atoms with Gasteiger partial charge in [0.2, 0.25) is 0 Å². The van der Waals surface area contributed by atoms with Gasteiger partial charge in [-0.25, -0.2) is 4.98 Å². The van der Waals surface area contributed by atoms with Gasteiger partial charge in [0.1, 0.15) is 5.69 Å². The van der Waals surface area contributed by atoms with E-state index in [1.54, 1.807) is 6.07 Å². The van der Waals surface area contributed by atoms with E-state index >= 15 is 0 Å². The summed E-state index contributed by atoms with van der Waals surface area (Å²) in [5.41, 5.74) is -0.822. The zero-order valence-corrected chi connectivity index (χ0v) is 6.47. The van der Waals surface area contributed by atoms with Crippen LogP contribution < -0.4 is 0 Å². The minimum absolute atomic E-state index is 0.107. The highest BCUT2D eigenvalue weighted by Crippen LogP contribution is 2.27. The standard InChI is InChI=1S/C8H5F3N2/c9-8(10,11)7-3-1-2-6(13-7)4-5-12/h1-3H,4H2. The molecule has 2 nitrogen and oxygen atoms in total. The van der Waals surface area contributed by atoms with Crippen LogP contribution in [0.1, 0.15) is 11.4 Å². The number of hydrogen-bond donors (Lipinski definition) is 0. The van der Waals surface area contributed by atoms with Gasteiger partial charge in [0, 0.05) is 0 Å². The maximum Gasteiger partial charge on any atom is 0.433 e. The SMILES string of the molecule is N#CCc1cccc(C(F)(F)F)n1. The van der Waals surface area contributed by atoms with Gasteiger partial charge in [0.15, 0.2) is 0 Å². The first kappa shape index (κ1) is 9.52. The van der Waals surface area contributed by atoms with Crippen LogP contribution in [0, 0.1) is 11.3 Å². The van der Waals surface area contributed by atoms with Crippen LogP contribution in [0.25, 0.3) is 0 Å². The van der Waals surface area contributed by atoms with Crippen LogP contribution in [-0.2, 0) is 12.6 Å². The van der Waals surface area contributed by atoms with Crippen LogP contribution in [0.3, 0.4) is 0 Å². The van der Waals surface area contributed by atoms with Crippen molar-refractivity contribution in [1.82, 2.24) is 4.98 Å². The number of hydrogen-bond acceptors (Lipinski definition) is 2. The first-order chi connectivity index (χ1) is 6.04. The summed E-state index contributed by atoms with van der Waals surface area (Å²) in [6.07, 6.45) is -4.55. The molecule has 0 fully saturated rings. The lowest BCUT2D eigenvalue weighted by Crippen LogP contribution is -2.08. The molecule has 13 heavy (non-hydrogen) atoms. The highest BCUT2D eigenvalue weighted by Gasteiger charge is 2.32. The van der Waals surface area contributed by atoms with Crippen LogP contribution in [-0.4, -0.2) is 4.98 Å². The Kier molecular flexibility index (Phi) is 2.52. The summed E-state index contributed by atoms with van der Waals surface area (Å²) >= 11 is 0. The number of halogens is 3. The van der Waals surface area contributed by atoms with Crippen molar-refractivity contribution in [1.29, 1.82) is 5.26 Å². The maximum atomic E-state index is 12.1. The molecule has 1 aromatic heterocycles. The fourth-order valence-electron chi connectivity index (χ4n) is 0.817. The van der Waals surface area contributed by atoms with Gasteiger partial charge < -0.3 is 0 Å². The third kappa shape index (κ3) is 2.44. The van der Waals surface area contributed by atoms with Crippen molar-refractivity contribution in [2.45, 2.75) is 12.6 Å². The quantitative estimate of drug-likeness (QED) is 0.673. The molecule has 0 bridgehead atoms. The molecule has 68 valence electrons. The lowest BCUT2D eigenvalue weighted by atomic mass is 10.2. The molecule has 0 aromatic carbocycles. The van der Waals surface area contributed by atoms with Gasteiger partial charge in [-0.05, 0) is 12.1 Å². The van der Waals surface area contributed by atoms with Crippen LogP contribution >= 0.6 is 0 Å². The van der Waals surface area contributed by atoms with Gasteiger partial charge in [0.05, 0.1) is 18.2 Å². The molecule has 0 spiro atoms. The van der Waals surface area contributed by atoms with Gasteiger partial charge in [0.25, 0.3) is 0 Å². The molecule has 0 aliphatic carbocycles. The Labute approximate surface area is 72.6 Å². The van der Waals surface area contributed by atoms with Crippen LogP contribution in [0.5, 0.6) is 0 Å². The van der Waals surface area contributed by atoms with E-state index in [1.807, 2.05) is 0 Å². The van der Waals surface area contributed by atoms with E-state index in [-0.39, 0.29) is 12.1 Å². The summed E-state index contributed by atoms with van der Waals surface area (Å²) in [6, 6.07) is 5.23. The van der Waals surface area contributed by atoms with Gasteiger partial charge in [-0.15, -0.1) is 0 Å². The average molecular weight is 186 g/mol.